The van der Waals surface area contributed by atoms with Gasteiger partial charge in [-0.2, -0.15) is 0 Å². The topological polar surface area (TPSA) is 37.4 Å². The number of ether oxygens (including phenoxy) is 1. The fourth-order valence-corrected chi connectivity index (χ4v) is 2.18. The second kappa shape index (κ2) is 7.34. The van der Waals surface area contributed by atoms with Gasteiger partial charge in [-0.05, 0) is 25.3 Å². The summed E-state index contributed by atoms with van der Waals surface area (Å²) in [4.78, 5) is 6.68. The second-order valence-electron chi connectivity index (χ2n) is 5.50. The standard InChI is InChI=1S/C15H25N3O/c1-13(2)4-9-19-15-10-14(11-17-12-15)18-7-3-5-16-6-8-18/h10-13,16H,3-9H2,1-2H3. The monoisotopic (exact) mass is 263 g/mol. The molecule has 0 aliphatic carbocycles. The van der Waals surface area contributed by atoms with Gasteiger partial charge in [-0.25, -0.2) is 0 Å². The maximum absolute atomic E-state index is 5.77. The van der Waals surface area contributed by atoms with Crippen molar-refractivity contribution in [3.8, 4) is 5.75 Å². The van der Waals surface area contributed by atoms with Gasteiger partial charge >= 0.3 is 0 Å². The van der Waals surface area contributed by atoms with E-state index >= 15 is 0 Å². The first-order valence-corrected chi connectivity index (χ1v) is 7.29. The molecule has 19 heavy (non-hydrogen) atoms. The molecule has 0 amide bonds. The summed E-state index contributed by atoms with van der Waals surface area (Å²) in [6, 6.07) is 2.11. The number of anilines is 1. The van der Waals surface area contributed by atoms with Crippen LogP contribution in [0.15, 0.2) is 18.5 Å². The SMILES string of the molecule is CC(C)CCOc1cncc(N2CCCNCC2)c1. The fourth-order valence-electron chi connectivity index (χ4n) is 2.18. The van der Waals surface area contributed by atoms with Crippen LogP contribution in [0, 0.1) is 5.92 Å². The number of hydrogen-bond acceptors (Lipinski definition) is 4. The van der Waals surface area contributed by atoms with Crippen molar-refractivity contribution in [3.63, 3.8) is 0 Å². The minimum absolute atomic E-state index is 0.674. The van der Waals surface area contributed by atoms with Crippen LogP contribution in [0.2, 0.25) is 0 Å². The lowest BCUT2D eigenvalue weighted by atomic mass is 10.1. The van der Waals surface area contributed by atoms with E-state index in [0.29, 0.717) is 5.92 Å². The first-order valence-electron chi connectivity index (χ1n) is 7.29. The molecule has 106 valence electrons. The average Bonchev–Trinajstić information content (AvgIpc) is 2.67. The summed E-state index contributed by atoms with van der Waals surface area (Å²) in [5, 5.41) is 3.42. The van der Waals surface area contributed by atoms with E-state index in [4.69, 9.17) is 4.74 Å². The predicted molar refractivity (Wildman–Crippen MR) is 78.9 cm³/mol. The molecule has 1 aliphatic heterocycles. The number of rotatable bonds is 5. The summed E-state index contributed by atoms with van der Waals surface area (Å²) in [6.45, 7) is 9.46. The molecule has 1 fully saturated rings. The molecular formula is C15H25N3O. The Morgan fingerprint density at radius 2 is 2.21 bits per heavy atom. The van der Waals surface area contributed by atoms with Gasteiger partial charge < -0.3 is 15.0 Å². The van der Waals surface area contributed by atoms with Crippen LogP contribution in [0.4, 0.5) is 5.69 Å². The number of nitrogens with one attached hydrogen (secondary N) is 1. The lowest BCUT2D eigenvalue weighted by Crippen LogP contribution is -2.27. The Morgan fingerprint density at radius 3 is 3.05 bits per heavy atom. The third kappa shape index (κ3) is 4.71. The second-order valence-corrected chi connectivity index (χ2v) is 5.50. The predicted octanol–water partition coefficient (Wildman–Crippen LogP) is 2.31. The van der Waals surface area contributed by atoms with Gasteiger partial charge in [-0.15, -0.1) is 0 Å². The van der Waals surface area contributed by atoms with Gasteiger partial charge in [0.1, 0.15) is 5.75 Å². The van der Waals surface area contributed by atoms with Crippen molar-refractivity contribution >= 4 is 5.69 Å². The molecular weight excluding hydrogens is 238 g/mol. The van der Waals surface area contributed by atoms with Crippen LogP contribution in [0.1, 0.15) is 26.7 Å². The van der Waals surface area contributed by atoms with Gasteiger partial charge in [0.15, 0.2) is 0 Å². The first-order chi connectivity index (χ1) is 9.25. The highest BCUT2D eigenvalue weighted by atomic mass is 16.5. The van der Waals surface area contributed by atoms with Gasteiger partial charge in [0.2, 0.25) is 0 Å². The van der Waals surface area contributed by atoms with Gasteiger partial charge in [-0.1, -0.05) is 13.8 Å². The van der Waals surface area contributed by atoms with Crippen LogP contribution in [-0.4, -0.2) is 37.8 Å². The zero-order valence-corrected chi connectivity index (χ0v) is 12.1. The molecule has 0 saturated carbocycles. The van der Waals surface area contributed by atoms with E-state index in [0.717, 1.165) is 45.0 Å². The highest BCUT2D eigenvalue weighted by Gasteiger charge is 2.10. The lowest BCUT2D eigenvalue weighted by Gasteiger charge is -2.22. The molecule has 4 nitrogen and oxygen atoms in total. The largest absolute Gasteiger partial charge is 0.492 e. The van der Waals surface area contributed by atoms with E-state index in [9.17, 15) is 0 Å². The minimum Gasteiger partial charge on any atom is -0.492 e. The molecule has 0 bridgehead atoms. The van der Waals surface area contributed by atoms with Crippen molar-refractivity contribution < 1.29 is 4.74 Å². The van der Waals surface area contributed by atoms with Crippen molar-refractivity contribution in [2.24, 2.45) is 5.92 Å². The quantitative estimate of drug-likeness (QED) is 0.884. The van der Waals surface area contributed by atoms with Crippen LogP contribution in [0.3, 0.4) is 0 Å². The molecule has 4 heteroatoms. The number of hydrogen-bond donors (Lipinski definition) is 1. The van der Waals surface area contributed by atoms with E-state index in [1.807, 2.05) is 6.20 Å². The summed E-state index contributed by atoms with van der Waals surface area (Å²) >= 11 is 0. The third-order valence-corrected chi connectivity index (χ3v) is 3.37. The maximum Gasteiger partial charge on any atom is 0.139 e. The normalized spacial score (nSPS) is 16.5. The Hall–Kier alpha value is -1.29. The van der Waals surface area contributed by atoms with Crippen LogP contribution in [0.25, 0.3) is 0 Å². The van der Waals surface area contributed by atoms with E-state index in [1.54, 1.807) is 6.20 Å². The molecule has 1 saturated heterocycles. The van der Waals surface area contributed by atoms with E-state index in [2.05, 4.69) is 35.1 Å². The Kier molecular flexibility index (Phi) is 5.45. The van der Waals surface area contributed by atoms with Crippen molar-refractivity contribution in [3.05, 3.63) is 18.5 Å². The van der Waals surface area contributed by atoms with Gasteiger partial charge in [0, 0.05) is 25.7 Å². The Morgan fingerprint density at radius 1 is 1.32 bits per heavy atom. The Balaban J connectivity index is 1.93. The van der Waals surface area contributed by atoms with Crippen molar-refractivity contribution in [2.45, 2.75) is 26.7 Å². The van der Waals surface area contributed by atoms with Gasteiger partial charge in [-0.3, -0.25) is 4.98 Å². The summed E-state index contributed by atoms with van der Waals surface area (Å²) in [5.41, 5.74) is 1.17. The Bertz CT molecular complexity index is 373. The van der Waals surface area contributed by atoms with Gasteiger partial charge in [0.25, 0.3) is 0 Å². The van der Waals surface area contributed by atoms with Crippen LogP contribution < -0.4 is 15.0 Å². The molecule has 1 aromatic rings. The van der Waals surface area contributed by atoms with Crippen molar-refractivity contribution in [1.29, 1.82) is 0 Å². The smallest absolute Gasteiger partial charge is 0.139 e. The zero-order chi connectivity index (χ0) is 13.5. The summed E-state index contributed by atoms with van der Waals surface area (Å²) in [7, 11) is 0. The summed E-state index contributed by atoms with van der Waals surface area (Å²) < 4.78 is 5.77. The fraction of sp³-hybridized carbons (Fsp3) is 0.667. The highest BCUT2D eigenvalue weighted by molar-refractivity contribution is 5.48. The highest BCUT2D eigenvalue weighted by Crippen LogP contribution is 2.20. The molecule has 1 aromatic heterocycles. The van der Waals surface area contributed by atoms with E-state index in [1.165, 1.54) is 12.1 Å². The van der Waals surface area contributed by atoms with Crippen LogP contribution in [0.5, 0.6) is 5.75 Å². The average molecular weight is 263 g/mol. The van der Waals surface area contributed by atoms with E-state index < -0.39 is 0 Å². The van der Waals surface area contributed by atoms with Crippen molar-refractivity contribution in [2.75, 3.05) is 37.7 Å². The maximum atomic E-state index is 5.77. The molecule has 0 aromatic carbocycles. The molecule has 0 atom stereocenters. The summed E-state index contributed by atoms with van der Waals surface area (Å²) in [6.07, 6.45) is 6.00. The lowest BCUT2D eigenvalue weighted by molar-refractivity contribution is 0.288. The molecule has 2 rings (SSSR count). The van der Waals surface area contributed by atoms with Crippen LogP contribution in [-0.2, 0) is 0 Å². The number of nitrogens with zero attached hydrogens (tertiary/aromatic N) is 2. The molecule has 1 aliphatic rings. The minimum atomic E-state index is 0.674. The first kappa shape index (κ1) is 14.1. The third-order valence-electron chi connectivity index (χ3n) is 3.37. The molecule has 0 unspecified atom stereocenters. The zero-order valence-electron chi connectivity index (χ0n) is 12.1. The van der Waals surface area contributed by atoms with Crippen LogP contribution >= 0.6 is 0 Å². The number of pyridine rings is 1. The molecule has 2 heterocycles. The molecule has 0 radical (unpaired) electrons. The van der Waals surface area contributed by atoms with Crippen molar-refractivity contribution in [1.82, 2.24) is 10.3 Å². The number of aromatic nitrogens is 1. The molecule has 1 N–H and O–H groups in total. The van der Waals surface area contributed by atoms with E-state index in [-0.39, 0.29) is 0 Å². The summed E-state index contributed by atoms with van der Waals surface area (Å²) in [5.74, 6) is 1.56. The Labute approximate surface area is 116 Å². The molecule has 0 spiro atoms. The van der Waals surface area contributed by atoms with Gasteiger partial charge in [0.05, 0.1) is 24.7 Å².